The molecule has 0 aromatic carbocycles. The zero-order valence-electron chi connectivity index (χ0n) is 12.2. The number of hydrogen-bond donors (Lipinski definition) is 2. The van der Waals surface area contributed by atoms with Gasteiger partial charge < -0.3 is 20.6 Å². The van der Waals surface area contributed by atoms with Gasteiger partial charge in [0.1, 0.15) is 5.41 Å². The molecule has 0 spiro atoms. The number of amides is 1. The smallest absolute Gasteiger partial charge is 0.236 e. The van der Waals surface area contributed by atoms with Crippen molar-refractivity contribution < 1.29 is 14.7 Å². The van der Waals surface area contributed by atoms with E-state index in [4.69, 9.17) is 15.7 Å². The number of oxime groups is 1. The number of hydrogen-bond acceptors (Lipinski definition) is 4. The van der Waals surface area contributed by atoms with E-state index in [0.29, 0.717) is 25.9 Å². The van der Waals surface area contributed by atoms with E-state index >= 15 is 0 Å². The Kier molecular flexibility index (Phi) is 5.17. The number of nitrogens with two attached hydrogens (primary N) is 1. The second kappa shape index (κ2) is 6.23. The molecule has 6 heteroatoms. The van der Waals surface area contributed by atoms with Gasteiger partial charge in [-0.15, -0.1) is 0 Å². The molecule has 110 valence electrons. The monoisotopic (exact) mass is 271 g/mol. The summed E-state index contributed by atoms with van der Waals surface area (Å²) in [5.41, 5.74) is 4.86. The minimum atomic E-state index is -0.911. The van der Waals surface area contributed by atoms with E-state index in [1.54, 1.807) is 4.90 Å². The van der Waals surface area contributed by atoms with Crippen LogP contribution >= 0.6 is 0 Å². The molecule has 0 bridgehead atoms. The second-order valence-electron chi connectivity index (χ2n) is 5.24. The van der Waals surface area contributed by atoms with Gasteiger partial charge in [-0.3, -0.25) is 4.79 Å². The van der Waals surface area contributed by atoms with Gasteiger partial charge in [0, 0.05) is 13.1 Å². The van der Waals surface area contributed by atoms with Crippen LogP contribution in [0.15, 0.2) is 5.16 Å². The molecule has 0 aromatic heterocycles. The highest BCUT2D eigenvalue weighted by Gasteiger charge is 2.44. The van der Waals surface area contributed by atoms with Gasteiger partial charge >= 0.3 is 0 Å². The normalized spacial score (nSPS) is 25.5. The first-order valence-corrected chi connectivity index (χ1v) is 6.84. The van der Waals surface area contributed by atoms with Crippen LogP contribution in [0.3, 0.4) is 0 Å². The summed E-state index contributed by atoms with van der Waals surface area (Å²) in [5, 5.41) is 12.0. The first kappa shape index (κ1) is 15.8. The summed E-state index contributed by atoms with van der Waals surface area (Å²) in [4.78, 5) is 14.5. The van der Waals surface area contributed by atoms with Crippen molar-refractivity contribution in [2.45, 2.75) is 52.7 Å². The van der Waals surface area contributed by atoms with Crippen molar-refractivity contribution >= 4 is 11.7 Å². The molecular weight excluding hydrogens is 246 g/mol. The number of carbonyl (C=O) groups is 1. The predicted molar refractivity (Wildman–Crippen MR) is 73.0 cm³/mol. The van der Waals surface area contributed by atoms with Crippen LogP contribution in [0.1, 0.15) is 40.5 Å². The van der Waals surface area contributed by atoms with Crippen LogP contribution in [-0.4, -0.2) is 47.1 Å². The van der Waals surface area contributed by atoms with Gasteiger partial charge in [-0.1, -0.05) is 19.0 Å². The van der Waals surface area contributed by atoms with E-state index in [9.17, 15) is 4.79 Å². The Labute approximate surface area is 114 Å². The fourth-order valence-electron chi connectivity index (χ4n) is 2.77. The topological polar surface area (TPSA) is 88.2 Å². The Morgan fingerprint density at radius 1 is 1.37 bits per heavy atom. The zero-order chi connectivity index (χ0) is 14.6. The lowest BCUT2D eigenvalue weighted by Gasteiger charge is -2.40. The summed E-state index contributed by atoms with van der Waals surface area (Å²) < 4.78 is 5.63. The Balaban J connectivity index is 3.00. The fraction of sp³-hybridized carbons (Fsp3) is 0.846. The highest BCUT2D eigenvalue weighted by Crippen LogP contribution is 2.30. The SMILES string of the molecule is CCC(CC)(C(=O)N1C[C@@H](C)O[C@@H](C)C1)C(N)=NO. The largest absolute Gasteiger partial charge is 0.409 e. The summed E-state index contributed by atoms with van der Waals surface area (Å²) in [6.45, 7) is 8.74. The lowest BCUT2D eigenvalue weighted by molar-refractivity contribution is -0.150. The van der Waals surface area contributed by atoms with Gasteiger partial charge in [-0.05, 0) is 26.7 Å². The van der Waals surface area contributed by atoms with Crippen molar-refractivity contribution in [2.24, 2.45) is 16.3 Å². The lowest BCUT2D eigenvalue weighted by atomic mass is 9.79. The highest BCUT2D eigenvalue weighted by atomic mass is 16.5. The second-order valence-corrected chi connectivity index (χ2v) is 5.24. The van der Waals surface area contributed by atoms with Crippen molar-refractivity contribution in [1.82, 2.24) is 4.90 Å². The standard InChI is InChI=1S/C13H25N3O3/c1-5-13(6-2,11(14)15-18)12(17)16-7-9(3)19-10(4)8-16/h9-10,18H,5-8H2,1-4H3,(H2,14,15)/t9-,10+. The van der Waals surface area contributed by atoms with Gasteiger partial charge in [0.05, 0.1) is 12.2 Å². The Hall–Kier alpha value is -1.30. The minimum absolute atomic E-state index is 0.00528. The first-order chi connectivity index (χ1) is 8.91. The molecule has 2 atom stereocenters. The minimum Gasteiger partial charge on any atom is -0.409 e. The van der Waals surface area contributed by atoms with Gasteiger partial charge in [-0.25, -0.2) is 0 Å². The van der Waals surface area contributed by atoms with E-state index in [1.807, 2.05) is 27.7 Å². The quantitative estimate of drug-likeness (QED) is 0.348. The number of ether oxygens (including phenoxy) is 1. The van der Waals surface area contributed by atoms with E-state index in [2.05, 4.69) is 5.16 Å². The van der Waals surface area contributed by atoms with Crippen molar-refractivity contribution in [1.29, 1.82) is 0 Å². The number of nitrogens with zero attached hydrogens (tertiary/aromatic N) is 2. The molecule has 1 fully saturated rings. The first-order valence-electron chi connectivity index (χ1n) is 6.84. The third-order valence-electron chi connectivity index (χ3n) is 3.92. The molecule has 19 heavy (non-hydrogen) atoms. The van der Waals surface area contributed by atoms with Crippen LogP contribution in [0.2, 0.25) is 0 Å². The van der Waals surface area contributed by atoms with Crippen molar-refractivity contribution in [3.05, 3.63) is 0 Å². The summed E-state index contributed by atoms with van der Waals surface area (Å²) in [5.74, 6) is -0.0795. The number of amidine groups is 1. The van der Waals surface area contributed by atoms with Gasteiger partial charge in [0.15, 0.2) is 5.84 Å². The molecule has 0 aromatic rings. The maximum atomic E-state index is 12.8. The summed E-state index contributed by atoms with van der Waals surface area (Å²) >= 11 is 0. The van der Waals surface area contributed by atoms with Crippen LogP contribution in [-0.2, 0) is 9.53 Å². The highest BCUT2D eigenvalue weighted by molar-refractivity contribution is 6.06. The molecule has 0 unspecified atom stereocenters. The summed E-state index contributed by atoms with van der Waals surface area (Å²) in [6, 6.07) is 0. The Morgan fingerprint density at radius 3 is 2.21 bits per heavy atom. The molecule has 1 heterocycles. The molecule has 0 saturated carbocycles. The van der Waals surface area contributed by atoms with Gasteiger partial charge in [0.25, 0.3) is 0 Å². The third-order valence-corrected chi connectivity index (χ3v) is 3.92. The maximum Gasteiger partial charge on any atom is 0.236 e. The molecule has 1 amide bonds. The third kappa shape index (κ3) is 3.00. The molecule has 0 aliphatic carbocycles. The van der Waals surface area contributed by atoms with Crippen molar-refractivity contribution in [3.8, 4) is 0 Å². The van der Waals surface area contributed by atoms with Crippen LogP contribution in [0, 0.1) is 5.41 Å². The molecule has 1 saturated heterocycles. The van der Waals surface area contributed by atoms with E-state index in [0.717, 1.165) is 0 Å². The molecule has 6 nitrogen and oxygen atoms in total. The van der Waals surface area contributed by atoms with Gasteiger partial charge in [0.2, 0.25) is 5.91 Å². The maximum absolute atomic E-state index is 12.8. The lowest BCUT2D eigenvalue weighted by Crippen LogP contribution is -2.56. The number of carbonyl (C=O) groups excluding carboxylic acids is 1. The zero-order valence-corrected chi connectivity index (χ0v) is 12.2. The number of morpholine rings is 1. The van der Waals surface area contributed by atoms with E-state index < -0.39 is 5.41 Å². The predicted octanol–water partition coefficient (Wildman–Crippen LogP) is 1.17. The fourth-order valence-corrected chi connectivity index (χ4v) is 2.77. The molecular formula is C13H25N3O3. The van der Waals surface area contributed by atoms with Crippen molar-refractivity contribution in [2.75, 3.05) is 13.1 Å². The van der Waals surface area contributed by atoms with E-state index in [1.165, 1.54) is 0 Å². The van der Waals surface area contributed by atoms with E-state index in [-0.39, 0.29) is 24.0 Å². The number of rotatable bonds is 4. The Morgan fingerprint density at radius 2 is 1.84 bits per heavy atom. The van der Waals surface area contributed by atoms with Crippen molar-refractivity contribution in [3.63, 3.8) is 0 Å². The van der Waals surface area contributed by atoms with Crippen LogP contribution in [0.4, 0.5) is 0 Å². The molecule has 0 radical (unpaired) electrons. The van der Waals surface area contributed by atoms with Crippen LogP contribution < -0.4 is 5.73 Å². The molecule has 1 rings (SSSR count). The summed E-state index contributed by atoms with van der Waals surface area (Å²) in [6.07, 6.45) is 1.04. The Bertz CT molecular complexity index is 343. The van der Waals surface area contributed by atoms with Gasteiger partial charge in [-0.2, -0.15) is 0 Å². The average Bonchev–Trinajstić information content (AvgIpc) is 2.39. The molecule has 1 aliphatic rings. The average molecular weight is 271 g/mol. The molecule has 1 aliphatic heterocycles. The molecule has 3 N–H and O–H groups in total. The van der Waals surface area contributed by atoms with Crippen LogP contribution in [0.25, 0.3) is 0 Å². The van der Waals surface area contributed by atoms with Crippen LogP contribution in [0.5, 0.6) is 0 Å². The summed E-state index contributed by atoms with van der Waals surface area (Å²) in [7, 11) is 0.